The molecule has 1 aliphatic rings. The molecular weight excluding hydrogens is 260 g/mol. The van der Waals surface area contributed by atoms with Crippen LogP contribution in [0.5, 0.6) is 0 Å². The van der Waals surface area contributed by atoms with Gasteiger partial charge in [-0.05, 0) is 41.6 Å². The van der Waals surface area contributed by atoms with Crippen LogP contribution in [0.3, 0.4) is 0 Å². The smallest absolute Gasteiger partial charge is 0.217 e. The lowest BCUT2D eigenvalue weighted by atomic mass is 10.1. The van der Waals surface area contributed by atoms with Gasteiger partial charge in [-0.3, -0.25) is 4.79 Å². The monoisotopic (exact) mass is 280 g/mol. The van der Waals surface area contributed by atoms with E-state index in [1.807, 2.05) is 0 Å². The maximum atomic E-state index is 10.7. The van der Waals surface area contributed by atoms with Gasteiger partial charge < -0.3 is 11.1 Å². The van der Waals surface area contributed by atoms with Gasteiger partial charge in [0.1, 0.15) is 0 Å². The molecule has 0 spiro atoms. The normalized spacial score (nSPS) is 13.0. The van der Waals surface area contributed by atoms with E-state index in [1.165, 1.54) is 22.3 Å². The summed E-state index contributed by atoms with van der Waals surface area (Å²) in [4.78, 5) is 10.7. The summed E-state index contributed by atoms with van der Waals surface area (Å²) < 4.78 is 0. The van der Waals surface area contributed by atoms with Crippen molar-refractivity contribution in [2.45, 2.75) is 25.3 Å². The lowest BCUT2D eigenvalue weighted by Gasteiger charge is -2.15. The first-order valence-corrected chi connectivity index (χ1v) is 7.47. The zero-order valence-electron chi connectivity index (χ0n) is 12.0. The van der Waals surface area contributed by atoms with Crippen LogP contribution in [0, 0.1) is 0 Å². The van der Waals surface area contributed by atoms with Gasteiger partial charge in [-0.15, -0.1) is 0 Å². The summed E-state index contributed by atoms with van der Waals surface area (Å²) in [6.07, 6.45) is 2.28. The Labute approximate surface area is 125 Å². The van der Waals surface area contributed by atoms with Crippen molar-refractivity contribution in [2.75, 3.05) is 6.54 Å². The third-order valence-corrected chi connectivity index (χ3v) is 4.03. The highest BCUT2D eigenvalue weighted by Gasteiger charge is 2.26. The van der Waals surface area contributed by atoms with Crippen LogP contribution in [0.4, 0.5) is 0 Å². The molecule has 0 unspecified atom stereocenters. The quantitative estimate of drug-likeness (QED) is 0.799. The number of nitrogens with two attached hydrogens (primary N) is 1. The molecule has 0 saturated heterocycles. The fraction of sp³-hybridized carbons (Fsp3) is 0.278. The number of hydrogen-bond acceptors (Lipinski definition) is 2. The summed E-state index contributed by atoms with van der Waals surface area (Å²) >= 11 is 0. The van der Waals surface area contributed by atoms with Crippen molar-refractivity contribution in [2.24, 2.45) is 5.73 Å². The molecule has 1 aliphatic carbocycles. The first-order chi connectivity index (χ1) is 10.3. The number of primary amides is 1. The molecular formula is C18H20N2O. The average molecular weight is 280 g/mol. The Morgan fingerprint density at radius 2 is 1.52 bits per heavy atom. The Balaban J connectivity index is 1.72. The number of carbonyl (C=O) groups excluding carboxylic acids is 1. The van der Waals surface area contributed by atoms with Gasteiger partial charge in [-0.1, -0.05) is 48.5 Å². The molecule has 0 bridgehead atoms. The topological polar surface area (TPSA) is 55.1 Å². The fourth-order valence-corrected chi connectivity index (χ4v) is 3.05. The van der Waals surface area contributed by atoms with Crippen LogP contribution in [-0.2, 0) is 4.79 Å². The second-order valence-corrected chi connectivity index (χ2v) is 5.49. The number of nitrogens with one attached hydrogen (secondary N) is 1. The number of carbonyl (C=O) groups is 1. The molecule has 3 heteroatoms. The Bertz CT molecular complexity index is 606. The van der Waals surface area contributed by atoms with E-state index in [4.69, 9.17) is 5.73 Å². The van der Waals surface area contributed by atoms with Gasteiger partial charge in [0.15, 0.2) is 0 Å². The Morgan fingerprint density at radius 3 is 2.10 bits per heavy atom. The number of fused-ring (bicyclic) bond motifs is 3. The summed E-state index contributed by atoms with van der Waals surface area (Å²) in [6, 6.07) is 17.4. The Morgan fingerprint density at radius 1 is 0.952 bits per heavy atom. The van der Waals surface area contributed by atoms with Gasteiger partial charge in [0.2, 0.25) is 5.91 Å². The van der Waals surface area contributed by atoms with Crippen molar-refractivity contribution in [3.63, 3.8) is 0 Å². The van der Waals surface area contributed by atoms with Gasteiger partial charge in [0, 0.05) is 6.42 Å². The van der Waals surface area contributed by atoms with Crippen LogP contribution in [-0.4, -0.2) is 12.5 Å². The van der Waals surface area contributed by atoms with Crippen LogP contribution in [0.1, 0.15) is 36.4 Å². The highest BCUT2D eigenvalue weighted by atomic mass is 16.1. The van der Waals surface area contributed by atoms with Crippen LogP contribution in [0.25, 0.3) is 11.1 Å². The second-order valence-electron chi connectivity index (χ2n) is 5.49. The molecule has 0 fully saturated rings. The average Bonchev–Trinajstić information content (AvgIpc) is 2.81. The maximum absolute atomic E-state index is 10.7. The van der Waals surface area contributed by atoms with E-state index in [-0.39, 0.29) is 11.9 Å². The molecule has 0 aromatic heterocycles. The third kappa shape index (κ3) is 2.83. The SMILES string of the molecule is NC(=O)CCCCNC1c2ccccc2-c2ccccc21. The largest absolute Gasteiger partial charge is 0.370 e. The number of hydrogen-bond donors (Lipinski definition) is 2. The summed E-state index contributed by atoms with van der Waals surface area (Å²) in [5.74, 6) is -0.216. The molecule has 1 amide bonds. The maximum Gasteiger partial charge on any atom is 0.217 e. The lowest BCUT2D eigenvalue weighted by Crippen LogP contribution is -2.22. The van der Waals surface area contributed by atoms with Gasteiger partial charge >= 0.3 is 0 Å². The van der Waals surface area contributed by atoms with Crippen molar-refractivity contribution < 1.29 is 4.79 Å². The Kier molecular flexibility index (Phi) is 4.02. The fourth-order valence-electron chi connectivity index (χ4n) is 3.05. The summed E-state index contributed by atoms with van der Waals surface area (Å²) in [6.45, 7) is 0.889. The van der Waals surface area contributed by atoms with Gasteiger partial charge in [0.05, 0.1) is 6.04 Å². The van der Waals surface area contributed by atoms with Crippen molar-refractivity contribution in [3.8, 4) is 11.1 Å². The molecule has 108 valence electrons. The predicted octanol–water partition coefficient (Wildman–Crippen LogP) is 3.00. The minimum Gasteiger partial charge on any atom is -0.370 e. The molecule has 2 aromatic carbocycles. The van der Waals surface area contributed by atoms with E-state index in [9.17, 15) is 4.79 Å². The lowest BCUT2D eigenvalue weighted by molar-refractivity contribution is -0.118. The number of unbranched alkanes of at least 4 members (excludes halogenated alkanes) is 1. The number of amides is 1. The molecule has 3 N–H and O–H groups in total. The standard InChI is InChI=1S/C18H20N2O/c19-17(21)11-5-6-12-20-18-15-9-3-1-7-13(15)14-8-2-4-10-16(14)18/h1-4,7-10,18,20H,5-6,11-12H2,(H2,19,21). The minimum absolute atomic E-state index is 0.216. The highest BCUT2D eigenvalue weighted by Crippen LogP contribution is 2.42. The van der Waals surface area contributed by atoms with E-state index < -0.39 is 0 Å². The summed E-state index contributed by atoms with van der Waals surface area (Å²) in [5.41, 5.74) is 10.5. The highest BCUT2D eigenvalue weighted by molar-refractivity contribution is 5.78. The van der Waals surface area contributed by atoms with Gasteiger partial charge in [-0.25, -0.2) is 0 Å². The summed E-state index contributed by atoms with van der Waals surface area (Å²) in [5, 5.41) is 3.62. The van der Waals surface area contributed by atoms with E-state index in [0.29, 0.717) is 6.42 Å². The van der Waals surface area contributed by atoms with Gasteiger partial charge in [-0.2, -0.15) is 0 Å². The molecule has 0 radical (unpaired) electrons. The third-order valence-electron chi connectivity index (χ3n) is 4.03. The first kappa shape index (κ1) is 13.8. The van der Waals surface area contributed by atoms with Crippen molar-refractivity contribution in [3.05, 3.63) is 59.7 Å². The second kappa shape index (κ2) is 6.10. The van der Waals surface area contributed by atoms with E-state index in [2.05, 4.69) is 53.8 Å². The Hall–Kier alpha value is -2.13. The number of benzene rings is 2. The van der Waals surface area contributed by atoms with Crippen molar-refractivity contribution in [1.29, 1.82) is 0 Å². The first-order valence-electron chi connectivity index (χ1n) is 7.47. The predicted molar refractivity (Wildman–Crippen MR) is 84.8 cm³/mol. The van der Waals surface area contributed by atoms with Crippen LogP contribution in [0.2, 0.25) is 0 Å². The van der Waals surface area contributed by atoms with Crippen LogP contribution >= 0.6 is 0 Å². The molecule has 3 rings (SSSR count). The molecule has 0 heterocycles. The molecule has 0 aliphatic heterocycles. The van der Waals surface area contributed by atoms with Crippen LogP contribution < -0.4 is 11.1 Å². The van der Waals surface area contributed by atoms with E-state index in [0.717, 1.165) is 19.4 Å². The zero-order valence-corrected chi connectivity index (χ0v) is 12.0. The molecule has 3 nitrogen and oxygen atoms in total. The molecule has 0 saturated carbocycles. The molecule has 2 aromatic rings. The van der Waals surface area contributed by atoms with Gasteiger partial charge in [0.25, 0.3) is 0 Å². The van der Waals surface area contributed by atoms with Crippen molar-refractivity contribution in [1.82, 2.24) is 5.32 Å². The van der Waals surface area contributed by atoms with Crippen molar-refractivity contribution >= 4 is 5.91 Å². The number of rotatable bonds is 6. The summed E-state index contributed by atoms with van der Waals surface area (Å²) in [7, 11) is 0. The van der Waals surface area contributed by atoms with E-state index in [1.54, 1.807) is 0 Å². The molecule has 0 atom stereocenters. The minimum atomic E-state index is -0.216. The molecule has 21 heavy (non-hydrogen) atoms. The van der Waals surface area contributed by atoms with Crippen LogP contribution in [0.15, 0.2) is 48.5 Å². The zero-order chi connectivity index (χ0) is 14.7. The van der Waals surface area contributed by atoms with E-state index >= 15 is 0 Å².